The van der Waals surface area contributed by atoms with Crippen molar-refractivity contribution in [3.05, 3.63) is 0 Å². The van der Waals surface area contributed by atoms with Crippen LogP contribution in [-0.4, -0.2) is 83.2 Å². The van der Waals surface area contributed by atoms with Crippen LogP contribution in [0.2, 0.25) is 0 Å². The number of carbonyl (C=O) groups excluding carboxylic acids is 2. The monoisotopic (exact) mass is 122 g/mol. The van der Waals surface area contributed by atoms with Crippen molar-refractivity contribution in [2.75, 3.05) is 0 Å². The fourth-order valence-electron chi connectivity index (χ4n) is 0.0227. The molecule has 5 heteroatoms. The number of hydrogen-bond donors (Lipinski definition) is 0. The Morgan fingerprint density at radius 2 is 1.43 bits per heavy atom. The summed E-state index contributed by atoms with van der Waals surface area (Å²) in [5.74, 6) is 0. The van der Waals surface area contributed by atoms with E-state index in [1.165, 1.54) is 0 Å². The van der Waals surface area contributed by atoms with Crippen LogP contribution in [0.4, 0.5) is 0 Å². The minimum absolute atomic E-state index is 0. The molecule has 0 heterocycles. The Hall–Kier alpha value is 1.37. The average molecular weight is 122 g/mol. The molecule has 0 bridgehead atoms. The van der Waals surface area contributed by atoms with Crippen molar-refractivity contribution in [3.8, 4) is 0 Å². The summed E-state index contributed by atoms with van der Waals surface area (Å²) in [7, 11) is 0. The van der Waals surface area contributed by atoms with E-state index in [4.69, 9.17) is 9.59 Å². The first-order valence-corrected chi connectivity index (χ1v) is 0.943. The first-order chi connectivity index (χ1) is 2.41. The number of rotatable bonds is 2. The van der Waals surface area contributed by atoms with E-state index >= 15 is 0 Å². The number of carbonyl (C=O) groups is 2. The fraction of sp³-hybridized carbons (Fsp3) is 0. The molecule has 0 radical (unpaired) electrons. The zero-order valence-corrected chi connectivity index (χ0v) is 2.38. The maximum absolute atomic E-state index is 8.95. The van der Waals surface area contributed by atoms with Crippen LogP contribution in [0.25, 0.3) is 0 Å². The van der Waals surface area contributed by atoms with Gasteiger partial charge in [-0.25, -0.2) is 0 Å². The molecule has 0 aromatic rings. The van der Waals surface area contributed by atoms with Gasteiger partial charge in [0, 0.05) is 0 Å². The van der Waals surface area contributed by atoms with Crippen LogP contribution < -0.4 is 0 Å². The van der Waals surface area contributed by atoms with Gasteiger partial charge in [0.05, 0.1) is 0 Å². The van der Waals surface area contributed by atoms with Gasteiger partial charge in [0.15, 0.2) is 0 Å². The van der Waals surface area contributed by atoms with Crippen LogP contribution in [-0.2, 0) is 14.3 Å². The second kappa shape index (κ2) is 15.7. The molecule has 0 saturated heterocycles. The molecule has 0 amide bonds. The first-order valence-electron chi connectivity index (χ1n) is 0.943. The standard InChI is InChI=1S/C2H2O3.K.Li.2H/c3-1-5-2-4;;;;/h1-2H;;;;. The molecule has 0 atom stereocenters. The van der Waals surface area contributed by atoms with Gasteiger partial charge in [-0.15, -0.1) is 0 Å². The minimum atomic E-state index is 0. The molecule has 0 unspecified atom stereocenters. The summed E-state index contributed by atoms with van der Waals surface area (Å²) >= 11 is 0. The first kappa shape index (κ1) is 15.8. The molecule has 0 fully saturated rings. The third-order valence-electron chi connectivity index (χ3n) is 0.111. The Morgan fingerprint density at radius 1 is 1.14 bits per heavy atom. The van der Waals surface area contributed by atoms with Gasteiger partial charge in [-0.2, -0.15) is 0 Å². The van der Waals surface area contributed by atoms with Gasteiger partial charge in [-0.05, 0) is 0 Å². The summed E-state index contributed by atoms with van der Waals surface area (Å²) in [4.78, 5) is 17.9. The van der Waals surface area contributed by atoms with Gasteiger partial charge in [0.25, 0.3) is 0 Å². The van der Waals surface area contributed by atoms with Gasteiger partial charge in [-0.3, -0.25) is 9.59 Å². The van der Waals surface area contributed by atoms with Gasteiger partial charge < -0.3 is 4.74 Å². The number of ether oxygens (including phenoxy) is 1. The van der Waals surface area contributed by atoms with E-state index in [-0.39, 0.29) is 83.2 Å². The van der Waals surface area contributed by atoms with Gasteiger partial charge in [0.2, 0.25) is 0 Å². The zero-order valence-electron chi connectivity index (χ0n) is 2.38. The molecule has 0 aromatic carbocycles. The Morgan fingerprint density at radius 3 is 1.43 bits per heavy atom. The molecule has 32 valence electrons. The summed E-state index contributed by atoms with van der Waals surface area (Å²) in [6.45, 7) is 0.125. The molecule has 0 spiro atoms. The molecular weight excluding hydrogens is 118 g/mol. The average Bonchev–Trinajstić information content (AvgIpc) is 1.41. The van der Waals surface area contributed by atoms with E-state index in [1.807, 2.05) is 0 Å². The Kier molecular flexibility index (Phi) is 35.3. The van der Waals surface area contributed by atoms with Gasteiger partial charge >= 0.3 is 83.2 Å². The van der Waals surface area contributed by atoms with Gasteiger partial charge in [0.1, 0.15) is 0 Å². The molecule has 0 aromatic heterocycles. The zero-order chi connectivity index (χ0) is 4.12. The Labute approximate surface area is 95.8 Å². The normalized spacial score (nSPS) is 4.00. The van der Waals surface area contributed by atoms with E-state index in [0.29, 0.717) is 0 Å². The van der Waals surface area contributed by atoms with Crippen molar-refractivity contribution in [1.82, 2.24) is 0 Å². The van der Waals surface area contributed by atoms with Crippen LogP contribution >= 0.6 is 0 Å². The predicted molar refractivity (Wildman–Crippen MR) is 27.5 cm³/mol. The van der Waals surface area contributed by atoms with Crippen LogP contribution in [0.5, 0.6) is 0 Å². The van der Waals surface area contributed by atoms with Gasteiger partial charge in [-0.1, -0.05) is 0 Å². The van der Waals surface area contributed by atoms with Crippen molar-refractivity contribution in [2.45, 2.75) is 0 Å². The van der Waals surface area contributed by atoms with Crippen LogP contribution in [0.1, 0.15) is 0 Å². The fourth-order valence-corrected chi connectivity index (χ4v) is 0.0227. The molecule has 0 aliphatic heterocycles. The van der Waals surface area contributed by atoms with Crippen LogP contribution in [0.3, 0.4) is 0 Å². The van der Waals surface area contributed by atoms with Crippen molar-refractivity contribution in [3.63, 3.8) is 0 Å². The van der Waals surface area contributed by atoms with Crippen molar-refractivity contribution in [1.29, 1.82) is 0 Å². The van der Waals surface area contributed by atoms with Crippen molar-refractivity contribution < 1.29 is 14.3 Å². The van der Waals surface area contributed by atoms with E-state index < -0.39 is 0 Å². The maximum atomic E-state index is 8.95. The third-order valence-corrected chi connectivity index (χ3v) is 0.111. The quantitative estimate of drug-likeness (QED) is 0.242. The Balaban J connectivity index is -0.0000000800. The molecule has 0 aliphatic rings. The summed E-state index contributed by atoms with van der Waals surface area (Å²) in [5, 5.41) is 0. The van der Waals surface area contributed by atoms with E-state index in [2.05, 4.69) is 4.74 Å². The van der Waals surface area contributed by atoms with E-state index in [9.17, 15) is 0 Å². The predicted octanol–water partition coefficient (Wildman–Crippen LogP) is -1.98. The third kappa shape index (κ3) is 18.7. The molecule has 0 aliphatic carbocycles. The van der Waals surface area contributed by atoms with Crippen molar-refractivity contribution in [2.24, 2.45) is 0 Å². The topological polar surface area (TPSA) is 43.4 Å². The molecule has 0 N–H and O–H groups in total. The Bertz CT molecular complexity index is 42.2. The summed E-state index contributed by atoms with van der Waals surface area (Å²) in [5.41, 5.74) is 0. The SMILES string of the molecule is O=COC=O.[KH].[LiH]. The van der Waals surface area contributed by atoms with Crippen LogP contribution in [0.15, 0.2) is 0 Å². The second-order valence-corrected chi connectivity index (χ2v) is 0.329. The molecule has 7 heavy (non-hydrogen) atoms. The molecule has 0 saturated carbocycles. The molecule has 3 nitrogen and oxygen atoms in total. The summed E-state index contributed by atoms with van der Waals surface area (Å²) in [6.07, 6.45) is 0. The van der Waals surface area contributed by atoms with E-state index in [1.54, 1.807) is 0 Å². The number of hydrogen-bond acceptors (Lipinski definition) is 3. The summed E-state index contributed by atoms with van der Waals surface area (Å²) < 4.78 is 3.47. The second-order valence-electron chi connectivity index (χ2n) is 0.329. The van der Waals surface area contributed by atoms with Crippen molar-refractivity contribution >= 4 is 83.2 Å². The van der Waals surface area contributed by atoms with E-state index in [0.717, 1.165) is 0 Å². The van der Waals surface area contributed by atoms with Crippen LogP contribution in [0, 0.1) is 0 Å². The summed E-state index contributed by atoms with van der Waals surface area (Å²) in [6, 6.07) is 0. The molecular formula is C2H4KLiO3. The molecule has 0 rings (SSSR count).